The van der Waals surface area contributed by atoms with E-state index in [4.69, 9.17) is 5.73 Å². The number of nitrogens with one attached hydrogen (secondary N) is 1. The van der Waals surface area contributed by atoms with Gasteiger partial charge in [0.1, 0.15) is 0 Å². The van der Waals surface area contributed by atoms with Crippen LogP contribution in [0.2, 0.25) is 0 Å². The van der Waals surface area contributed by atoms with Crippen LogP contribution < -0.4 is 11.1 Å². The molecule has 0 saturated carbocycles. The van der Waals surface area contributed by atoms with E-state index in [0.717, 1.165) is 25.9 Å². The molecular weight excluding hydrogens is 242 g/mol. The topological polar surface area (TPSA) is 75.4 Å². The van der Waals surface area contributed by atoms with Crippen LogP contribution in [-0.2, 0) is 0 Å². The minimum atomic E-state index is -0.539. The van der Waals surface area contributed by atoms with Crippen molar-refractivity contribution in [1.82, 2.24) is 4.90 Å². The van der Waals surface area contributed by atoms with E-state index in [1.165, 1.54) is 0 Å². The lowest BCUT2D eigenvalue weighted by molar-refractivity contribution is 0.100. The van der Waals surface area contributed by atoms with Gasteiger partial charge in [-0.25, -0.2) is 4.79 Å². The van der Waals surface area contributed by atoms with Crippen molar-refractivity contribution in [2.45, 2.75) is 19.8 Å². The van der Waals surface area contributed by atoms with E-state index in [1.54, 1.807) is 29.2 Å². The van der Waals surface area contributed by atoms with Gasteiger partial charge in [-0.3, -0.25) is 4.79 Å². The van der Waals surface area contributed by atoms with E-state index < -0.39 is 5.91 Å². The number of hydrogen-bond donors (Lipinski definition) is 2. The molecule has 1 fully saturated rings. The van der Waals surface area contributed by atoms with Gasteiger partial charge in [-0.15, -0.1) is 0 Å². The molecule has 0 atom stereocenters. The van der Waals surface area contributed by atoms with E-state index in [-0.39, 0.29) is 6.03 Å². The Bertz CT molecular complexity index is 479. The predicted octanol–water partition coefficient (Wildman–Crippen LogP) is 2.05. The maximum absolute atomic E-state index is 12.1. The number of urea groups is 1. The van der Waals surface area contributed by atoms with Gasteiger partial charge in [0.05, 0.1) is 11.3 Å². The number of nitrogens with two attached hydrogens (primary N) is 1. The number of primary amides is 1. The molecule has 1 saturated heterocycles. The number of piperidine rings is 1. The highest BCUT2D eigenvalue weighted by Gasteiger charge is 2.21. The van der Waals surface area contributed by atoms with E-state index in [2.05, 4.69) is 12.2 Å². The fraction of sp³-hybridized carbons (Fsp3) is 0.429. The summed E-state index contributed by atoms with van der Waals surface area (Å²) in [7, 11) is 0. The second kappa shape index (κ2) is 5.73. The number of likely N-dealkylation sites (tertiary alicyclic amines) is 1. The van der Waals surface area contributed by atoms with Crippen LogP contribution in [0.1, 0.15) is 30.1 Å². The van der Waals surface area contributed by atoms with Crippen LogP contribution in [0.25, 0.3) is 0 Å². The Morgan fingerprint density at radius 3 is 2.53 bits per heavy atom. The molecular formula is C14H19N3O2. The van der Waals surface area contributed by atoms with E-state index in [0.29, 0.717) is 17.2 Å². The quantitative estimate of drug-likeness (QED) is 0.855. The Labute approximate surface area is 112 Å². The number of para-hydroxylation sites is 1. The number of benzene rings is 1. The molecule has 19 heavy (non-hydrogen) atoms. The van der Waals surface area contributed by atoms with E-state index in [9.17, 15) is 9.59 Å². The summed E-state index contributed by atoms with van der Waals surface area (Å²) in [5.74, 6) is 0.130. The molecule has 3 N–H and O–H groups in total. The van der Waals surface area contributed by atoms with Gasteiger partial charge in [0.15, 0.2) is 0 Å². The first kappa shape index (κ1) is 13.4. The maximum atomic E-state index is 12.1. The van der Waals surface area contributed by atoms with Crippen LogP contribution in [0, 0.1) is 5.92 Å². The number of carbonyl (C=O) groups is 2. The summed E-state index contributed by atoms with van der Waals surface area (Å²) in [5, 5.41) is 2.76. The van der Waals surface area contributed by atoms with Gasteiger partial charge in [-0.05, 0) is 30.9 Å². The van der Waals surface area contributed by atoms with Crippen LogP contribution in [0.5, 0.6) is 0 Å². The molecule has 1 aromatic rings. The fourth-order valence-corrected chi connectivity index (χ4v) is 2.21. The molecule has 2 rings (SSSR count). The van der Waals surface area contributed by atoms with Gasteiger partial charge in [-0.1, -0.05) is 19.1 Å². The maximum Gasteiger partial charge on any atom is 0.321 e. The van der Waals surface area contributed by atoms with Gasteiger partial charge in [0.25, 0.3) is 5.91 Å². The lowest BCUT2D eigenvalue weighted by atomic mass is 10.00. The normalized spacial score (nSPS) is 16.2. The van der Waals surface area contributed by atoms with E-state index in [1.807, 2.05) is 0 Å². The summed E-state index contributed by atoms with van der Waals surface area (Å²) in [6.45, 7) is 3.70. The Kier molecular flexibility index (Phi) is 4.04. The van der Waals surface area contributed by atoms with Crippen molar-refractivity contribution in [3.8, 4) is 0 Å². The molecule has 0 bridgehead atoms. The Balaban J connectivity index is 2.05. The van der Waals surface area contributed by atoms with Gasteiger partial charge >= 0.3 is 6.03 Å². The molecule has 102 valence electrons. The molecule has 0 aliphatic carbocycles. The number of hydrogen-bond acceptors (Lipinski definition) is 2. The first-order chi connectivity index (χ1) is 9.08. The summed E-state index contributed by atoms with van der Waals surface area (Å²) >= 11 is 0. The van der Waals surface area contributed by atoms with Crippen molar-refractivity contribution in [2.24, 2.45) is 11.7 Å². The monoisotopic (exact) mass is 261 g/mol. The molecule has 1 aliphatic heterocycles. The number of amides is 3. The van der Waals surface area contributed by atoms with Crippen molar-refractivity contribution in [1.29, 1.82) is 0 Å². The predicted molar refractivity (Wildman–Crippen MR) is 73.9 cm³/mol. The Morgan fingerprint density at radius 1 is 1.26 bits per heavy atom. The highest BCUT2D eigenvalue weighted by molar-refractivity contribution is 6.02. The smallest absolute Gasteiger partial charge is 0.321 e. The third-order valence-electron chi connectivity index (χ3n) is 3.50. The van der Waals surface area contributed by atoms with Crippen molar-refractivity contribution < 1.29 is 9.59 Å². The standard InChI is InChI=1S/C14H19N3O2/c1-10-6-8-17(9-7-10)14(19)16-12-5-3-2-4-11(12)13(15)18/h2-5,10H,6-9H2,1H3,(H2,15,18)(H,16,19). The molecule has 1 aromatic carbocycles. The zero-order valence-electron chi connectivity index (χ0n) is 11.1. The minimum absolute atomic E-state index is 0.166. The average molecular weight is 261 g/mol. The van der Waals surface area contributed by atoms with Gasteiger partial charge in [0.2, 0.25) is 0 Å². The molecule has 0 unspecified atom stereocenters. The number of carbonyl (C=O) groups excluding carboxylic acids is 2. The molecule has 5 nitrogen and oxygen atoms in total. The molecule has 0 aromatic heterocycles. The summed E-state index contributed by atoms with van der Waals surface area (Å²) < 4.78 is 0. The molecule has 1 heterocycles. The van der Waals surface area contributed by atoms with Crippen LogP contribution in [0.15, 0.2) is 24.3 Å². The lowest BCUT2D eigenvalue weighted by Gasteiger charge is -2.30. The van der Waals surface area contributed by atoms with E-state index >= 15 is 0 Å². The van der Waals surface area contributed by atoms with Gasteiger partial charge in [0, 0.05) is 13.1 Å². The number of nitrogens with zero attached hydrogens (tertiary/aromatic N) is 1. The minimum Gasteiger partial charge on any atom is -0.366 e. The lowest BCUT2D eigenvalue weighted by Crippen LogP contribution is -2.40. The molecule has 0 spiro atoms. The summed E-state index contributed by atoms with van der Waals surface area (Å²) in [6, 6.07) is 6.61. The number of anilines is 1. The molecule has 0 radical (unpaired) electrons. The SMILES string of the molecule is CC1CCN(C(=O)Nc2ccccc2C(N)=O)CC1. The summed E-state index contributed by atoms with van der Waals surface area (Å²) in [5.41, 5.74) is 6.09. The van der Waals surface area contributed by atoms with Crippen LogP contribution in [-0.4, -0.2) is 29.9 Å². The highest BCUT2D eigenvalue weighted by Crippen LogP contribution is 2.19. The van der Waals surface area contributed by atoms with Crippen LogP contribution in [0.4, 0.5) is 10.5 Å². The van der Waals surface area contributed by atoms with Gasteiger partial charge < -0.3 is 16.0 Å². The number of rotatable bonds is 2. The Hall–Kier alpha value is -2.04. The molecule has 5 heteroatoms. The summed E-state index contributed by atoms with van der Waals surface area (Å²) in [6.07, 6.45) is 2.04. The zero-order valence-corrected chi connectivity index (χ0v) is 11.1. The first-order valence-corrected chi connectivity index (χ1v) is 6.52. The first-order valence-electron chi connectivity index (χ1n) is 6.52. The third kappa shape index (κ3) is 3.24. The highest BCUT2D eigenvalue weighted by atomic mass is 16.2. The molecule has 3 amide bonds. The fourth-order valence-electron chi connectivity index (χ4n) is 2.21. The van der Waals surface area contributed by atoms with Crippen molar-refractivity contribution >= 4 is 17.6 Å². The van der Waals surface area contributed by atoms with Gasteiger partial charge in [-0.2, -0.15) is 0 Å². The molecule has 1 aliphatic rings. The van der Waals surface area contributed by atoms with Crippen molar-refractivity contribution in [3.63, 3.8) is 0 Å². The second-order valence-electron chi connectivity index (χ2n) is 5.01. The van der Waals surface area contributed by atoms with Crippen LogP contribution >= 0.6 is 0 Å². The largest absolute Gasteiger partial charge is 0.366 e. The van der Waals surface area contributed by atoms with Crippen molar-refractivity contribution in [2.75, 3.05) is 18.4 Å². The van der Waals surface area contributed by atoms with Crippen LogP contribution in [0.3, 0.4) is 0 Å². The Morgan fingerprint density at radius 2 is 1.89 bits per heavy atom. The summed E-state index contributed by atoms with van der Waals surface area (Å²) in [4.78, 5) is 25.2. The van der Waals surface area contributed by atoms with Crippen molar-refractivity contribution in [3.05, 3.63) is 29.8 Å². The third-order valence-corrected chi connectivity index (χ3v) is 3.50. The zero-order chi connectivity index (χ0) is 13.8. The second-order valence-corrected chi connectivity index (χ2v) is 5.01. The average Bonchev–Trinajstić information content (AvgIpc) is 2.39.